The number of carbonyl (C=O) groups excluding carboxylic acids is 2. The SMILES string of the molecule is CC(C(=O)c1cccc(Br)c1)C(=O)c1cnn(C)c1. The first-order valence-electron chi connectivity index (χ1n) is 5.81. The fourth-order valence-electron chi connectivity index (χ4n) is 1.81. The number of aryl methyl sites for hydroxylation is 1. The average Bonchev–Trinajstić information content (AvgIpc) is 2.83. The van der Waals surface area contributed by atoms with Gasteiger partial charge < -0.3 is 0 Å². The normalized spacial score (nSPS) is 12.2. The number of halogens is 1. The molecule has 0 saturated heterocycles. The van der Waals surface area contributed by atoms with Crippen molar-refractivity contribution in [3.63, 3.8) is 0 Å². The van der Waals surface area contributed by atoms with E-state index in [0.717, 1.165) is 4.47 Å². The number of Topliss-reactive ketones (excluding diaryl/α,β-unsaturated/α-hetero) is 2. The lowest BCUT2D eigenvalue weighted by Gasteiger charge is -2.08. The summed E-state index contributed by atoms with van der Waals surface area (Å²) in [4.78, 5) is 24.4. The van der Waals surface area contributed by atoms with Crippen molar-refractivity contribution in [1.82, 2.24) is 9.78 Å². The Hall–Kier alpha value is -1.75. The molecule has 0 aliphatic carbocycles. The number of hydrogen-bond donors (Lipinski definition) is 0. The van der Waals surface area contributed by atoms with Gasteiger partial charge in [-0.05, 0) is 19.1 Å². The minimum Gasteiger partial charge on any atom is -0.293 e. The Labute approximate surface area is 119 Å². The Bertz CT molecular complexity index is 634. The Morgan fingerprint density at radius 1 is 1.26 bits per heavy atom. The molecule has 0 radical (unpaired) electrons. The van der Waals surface area contributed by atoms with E-state index < -0.39 is 5.92 Å². The van der Waals surface area contributed by atoms with E-state index in [1.165, 1.54) is 6.20 Å². The van der Waals surface area contributed by atoms with E-state index >= 15 is 0 Å². The van der Waals surface area contributed by atoms with Gasteiger partial charge in [0.2, 0.25) is 0 Å². The maximum Gasteiger partial charge on any atom is 0.176 e. The van der Waals surface area contributed by atoms with E-state index in [1.54, 1.807) is 43.0 Å². The highest BCUT2D eigenvalue weighted by Crippen LogP contribution is 2.17. The largest absolute Gasteiger partial charge is 0.293 e. The molecule has 0 N–H and O–H groups in total. The molecule has 5 heteroatoms. The topological polar surface area (TPSA) is 52.0 Å². The van der Waals surface area contributed by atoms with Gasteiger partial charge in [-0.2, -0.15) is 5.10 Å². The molecule has 98 valence electrons. The van der Waals surface area contributed by atoms with Crippen LogP contribution in [0.25, 0.3) is 0 Å². The summed E-state index contributed by atoms with van der Waals surface area (Å²) in [5.74, 6) is -1.10. The number of aromatic nitrogens is 2. The molecule has 0 saturated carbocycles. The number of benzene rings is 1. The molecule has 1 atom stereocenters. The van der Waals surface area contributed by atoms with Gasteiger partial charge in [-0.15, -0.1) is 0 Å². The van der Waals surface area contributed by atoms with Crippen LogP contribution >= 0.6 is 15.9 Å². The van der Waals surface area contributed by atoms with Crippen molar-refractivity contribution >= 4 is 27.5 Å². The van der Waals surface area contributed by atoms with Gasteiger partial charge in [0.1, 0.15) is 0 Å². The van der Waals surface area contributed by atoms with Gasteiger partial charge in [-0.25, -0.2) is 0 Å². The Morgan fingerprint density at radius 3 is 2.53 bits per heavy atom. The third-order valence-electron chi connectivity index (χ3n) is 2.89. The molecule has 1 unspecified atom stereocenters. The Balaban J connectivity index is 2.22. The molecular formula is C14H13BrN2O2. The van der Waals surface area contributed by atoms with Gasteiger partial charge in [-0.3, -0.25) is 14.3 Å². The molecule has 2 rings (SSSR count). The second-order valence-electron chi connectivity index (χ2n) is 4.36. The summed E-state index contributed by atoms with van der Waals surface area (Å²) < 4.78 is 2.36. The molecule has 0 fully saturated rings. The molecular weight excluding hydrogens is 308 g/mol. The number of hydrogen-bond acceptors (Lipinski definition) is 3. The monoisotopic (exact) mass is 320 g/mol. The molecule has 0 aliphatic rings. The van der Waals surface area contributed by atoms with Gasteiger partial charge in [0.05, 0.1) is 17.7 Å². The van der Waals surface area contributed by atoms with Gasteiger partial charge in [0.25, 0.3) is 0 Å². The average molecular weight is 321 g/mol. The summed E-state index contributed by atoms with van der Waals surface area (Å²) in [6.07, 6.45) is 3.10. The smallest absolute Gasteiger partial charge is 0.176 e. The van der Waals surface area contributed by atoms with Crippen LogP contribution in [0.15, 0.2) is 41.1 Å². The molecule has 1 aromatic carbocycles. The first-order valence-corrected chi connectivity index (χ1v) is 6.61. The van der Waals surface area contributed by atoms with Crippen LogP contribution in [0.5, 0.6) is 0 Å². The molecule has 19 heavy (non-hydrogen) atoms. The summed E-state index contributed by atoms with van der Waals surface area (Å²) in [7, 11) is 1.73. The van der Waals surface area contributed by atoms with Crippen molar-refractivity contribution in [2.75, 3.05) is 0 Å². The summed E-state index contributed by atoms with van der Waals surface area (Å²) in [6, 6.07) is 7.04. The van der Waals surface area contributed by atoms with Crippen molar-refractivity contribution in [2.45, 2.75) is 6.92 Å². The van der Waals surface area contributed by atoms with E-state index in [4.69, 9.17) is 0 Å². The number of ketones is 2. The molecule has 4 nitrogen and oxygen atoms in total. The maximum atomic E-state index is 12.2. The second-order valence-corrected chi connectivity index (χ2v) is 5.28. The van der Waals surface area contributed by atoms with Crippen LogP contribution in [0.1, 0.15) is 27.6 Å². The molecule has 0 aliphatic heterocycles. The van der Waals surface area contributed by atoms with Crippen LogP contribution in [-0.2, 0) is 7.05 Å². The van der Waals surface area contributed by atoms with Crippen molar-refractivity contribution in [3.05, 3.63) is 52.3 Å². The summed E-state index contributed by atoms with van der Waals surface area (Å²) >= 11 is 3.31. The van der Waals surface area contributed by atoms with E-state index in [0.29, 0.717) is 11.1 Å². The minimum atomic E-state index is -0.710. The maximum absolute atomic E-state index is 12.2. The summed E-state index contributed by atoms with van der Waals surface area (Å²) in [5, 5.41) is 3.94. The highest BCUT2D eigenvalue weighted by atomic mass is 79.9. The standard InChI is InChI=1S/C14H13BrN2O2/c1-9(14(19)11-7-16-17(2)8-11)13(18)10-4-3-5-12(15)6-10/h3-9H,1-2H3. The molecule has 1 heterocycles. The number of carbonyl (C=O) groups is 2. The zero-order valence-corrected chi connectivity index (χ0v) is 12.2. The Kier molecular flexibility index (Phi) is 3.95. The van der Waals surface area contributed by atoms with Crippen molar-refractivity contribution in [1.29, 1.82) is 0 Å². The van der Waals surface area contributed by atoms with Crippen LogP contribution in [-0.4, -0.2) is 21.3 Å². The lowest BCUT2D eigenvalue weighted by Crippen LogP contribution is -2.21. The number of rotatable bonds is 4. The summed E-state index contributed by atoms with van der Waals surface area (Å²) in [5.41, 5.74) is 0.984. The lowest BCUT2D eigenvalue weighted by molar-refractivity contribution is 0.0820. The van der Waals surface area contributed by atoms with Crippen LogP contribution in [0.2, 0.25) is 0 Å². The minimum absolute atomic E-state index is 0.185. The van der Waals surface area contributed by atoms with E-state index in [1.807, 2.05) is 6.07 Å². The lowest BCUT2D eigenvalue weighted by atomic mass is 9.93. The summed E-state index contributed by atoms with van der Waals surface area (Å²) in [6.45, 7) is 1.62. The van der Waals surface area contributed by atoms with E-state index in [-0.39, 0.29) is 11.6 Å². The Morgan fingerprint density at radius 2 is 1.95 bits per heavy atom. The van der Waals surface area contributed by atoms with Crippen molar-refractivity contribution < 1.29 is 9.59 Å². The first kappa shape index (κ1) is 13.7. The highest BCUT2D eigenvalue weighted by molar-refractivity contribution is 9.10. The first-order chi connectivity index (χ1) is 8.99. The molecule has 0 bridgehead atoms. The van der Waals surface area contributed by atoms with Crippen LogP contribution in [0.3, 0.4) is 0 Å². The van der Waals surface area contributed by atoms with Gasteiger partial charge >= 0.3 is 0 Å². The van der Waals surface area contributed by atoms with Crippen LogP contribution in [0, 0.1) is 5.92 Å². The van der Waals surface area contributed by atoms with Crippen molar-refractivity contribution in [2.24, 2.45) is 13.0 Å². The molecule has 2 aromatic rings. The van der Waals surface area contributed by atoms with E-state index in [9.17, 15) is 9.59 Å². The highest BCUT2D eigenvalue weighted by Gasteiger charge is 2.24. The van der Waals surface area contributed by atoms with E-state index in [2.05, 4.69) is 21.0 Å². The quantitative estimate of drug-likeness (QED) is 0.643. The second kappa shape index (κ2) is 5.48. The van der Waals surface area contributed by atoms with Gasteiger partial charge in [0.15, 0.2) is 11.6 Å². The van der Waals surface area contributed by atoms with Gasteiger partial charge in [-0.1, -0.05) is 28.1 Å². The fourth-order valence-corrected chi connectivity index (χ4v) is 2.21. The molecule has 0 spiro atoms. The zero-order chi connectivity index (χ0) is 14.0. The van der Waals surface area contributed by atoms with Crippen molar-refractivity contribution in [3.8, 4) is 0 Å². The predicted octanol–water partition coefficient (Wildman–Crippen LogP) is 2.88. The molecule has 1 aromatic heterocycles. The number of nitrogens with zero attached hydrogens (tertiary/aromatic N) is 2. The predicted molar refractivity (Wildman–Crippen MR) is 75.2 cm³/mol. The molecule has 0 amide bonds. The third-order valence-corrected chi connectivity index (χ3v) is 3.38. The fraction of sp³-hybridized carbons (Fsp3) is 0.214. The zero-order valence-electron chi connectivity index (χ0n) is 10.6. The third kappa shape index (κ3) is 2.98. The van der Waals surface area contributed by atoms with Crippen LogP contribution in [0.4, 0.5) is 0 Å². The van der Waals surface area contributed by atoms with Gasteiger partial charge in [0, 0.05) is 23.3 Å². The van der Waals surface area contributed by atoms with Crippen LogP contribution < -0.4 is 0 Å².